The summed E-state index contributed by atoms with van der Waals surface area (Å²) in [5.74, 6) is -2.20. The van der Waals surface area contributed by atoms with Crippen LogP contribution >= 0.6 is 0 Å². The zero-order chi connectivity index (χ0) is 13.7. The maximum atomic E-state index is 11.5. The normalized spacial score (nSPS) is 9.89. The molecule has 0 aliphatic carbocycles. The first kappa shape index (κ1) is 13.7. The van der Waals surface area contributed by atoms with Crippen LogP contribution in [0, 0.1) is 6.92 Å². The number of aliphatic carboxylic acids is 1. The number of carbonyl (C=O) groups is 3. The van der Waals surface area contributed by atoms with Crippen molar-refractivity contribution in [2.75, 3.05) is 0 Å². The fraction of sp³-hybridized carbons (Fsp3) is 0.400. The van der Waals surface area contributed by atoms with Gasteiger partial charge in [-0.25, -0.2) is 0 Å². The molecule has 0 unspecified atom stereocenters. The fourth-order valence-electron chi connectivity index (χ4n) is 1.15. The predicted octanol–water partition coefficient (Wildman–Crippen LogP) is -0.646. The molecule has 0 aliphatic rings. The number of aryl methyl sites for hydroxylation is 2. The second-order valence-electron chi connectivity index (χ2n) is 3.69. The average molecular weight is 254 g/mol. The molecule has 0 atom stereocenters. The highest BCUT2D eigenvalue weighted by atomic mass is 16.4. The minimum Gasteiger partial charge on any atom is -0.481 e. The number of rotatable bonds is 4. The standard InChI is InChI=1S/C10H14N4O4/c1-6-5-7(13-14(6)2)10(18)12-11-8(15)3-4-9(16)17/h5H,3-4H2,1-2H3,(H,11,15)(H,12,18)(H,16,17). The number of aromatic nitrogens is 2. The maximum absolute atomic E-state index is 11.5. The summed E-state index contributed by atoms with van der Waals surface area (Å²) in [4.78, 5) is 32.9. The number of nitrogens with zero attached hydrogens (tertiary/aromatic N) is 2. The number of hydrazine groups is 1. The Morgan fingerprint density at radius 2 is 2.00 bits per heavy atom. The number of hydrogen-bond acceptors (Lipinski definition) is 4. The zero-order valence-electron chi connectivity index (χ0n) is 10.1. The zero-order valence-corrected chi connectivity index (χ0v) is 10.1. The van der Waals surface area contributed by atoms with Crippen molar-refractivity contribution in [1.82, 2.24) is 20.6 Å². The van der Waals surface area contributed by atoms with Crippen molar-refractivity contribution in [3.63, 3.8) is 0 Å². The van der Waals surface area contributed by atoms with Crippen LogP contribution in [0.4, 0.5) is 0 Å². The van der Waals surface area contributed by atoms with E-state index in [2.05, 4.69) is 16.0 Å². The van der Waals surface area contributed by atoms with Gasteiger partial charge in [0.2, 0.25) is 5.91 Å². The highest BCUT2D eigenvalue weighted by molar-refractivity contribution is 5.93. The maximum Gasteiger partial charge on any atom is 0.303 e. The number of nitrogens with one attached hydrogen (secondary N) is 2. The van der Waals surface area contributed by atoms with Crippen LogP contribution in [0.3, 0.4) is 0 Å². The minimum atomic E-state index is -1.07. The van der Waals surface area contributed by atoms with Crippen LogP contribution in [-0.4, -0.2) is 32.7 Å². The molecule has 8 heteroatoms. The SMILES string of the molecule is Cc1cc(C(=O)NNC(=O)CCC(=O)O)nn1C. The molecule has 0 saturated carbocycles. The van der Waals surface area contributed by atoms with Crippen molar-refractivity contribution in [2.24, 2.45) is 7.05 Å². The van der Waals surface area contributed by atoms with Gasteiger partial charge in [-0.3, -0.25) is 29.9 Å². The van der Waals surface area contributed by atoms with Gasteiger partial charge in [0, 0.05) is 19.2 Å². The summed E-state index contributed by atoms with van der Waals surface area (Å²) < 4.78 is 1.53. The van der Waals surface area contributed by atoms with E-state index in [9.17, 15) is 14.4 Å². The lowest BCUT2D eigenvalue weighted by Crippen LogP contribution is -2.41. The van der Waals surface area contributed by atoms with E-state index in [1.165, 1.54) is 4.68 Å². The Labute approximate surface area is 103 Å². The molecule has 0 fully saturated rings. The molecule has 0 saturated heterocycles. The molecule has 0 aliphatic heterocycles. The van der Waals surface area contributed by atoms with Crippen LogP contribution < -0.4 is 10.9 Å². The van der Waals surface area contributed by atoms with Gasteiger partial charge >= 0.3 is 5.97 Å². The lowest BCUT2D eigenvalue weighted by molar-refractivity contribution is -0.138. The topological polar surface area (TPSA) is 113 Å². The van der Waals surface area contributed by atoms with E-state index in [1.54, 1.807) is 20.0 Å². The molecule has 1 heterocycles. The van der Waals surface area contributed by atoms with Gasteiger partial charge in [0.1, 0.15) is 0 Å². The van der Waals surface area contributed by atoms with E-state index in [1.807, 2.05) is 0 Å². The van der Waals surface area contributed by atoms with E-state index in [0.717, 1.165) is 5.69 Å². The monoisotopic (exact) mass is 254 g/mol. The Morgan fingerprint density at radius 3 is 2.50 bits per heavy atom. The minimum absolute atomic E-state index is 0.175. The van der Waals surface area contributed by atoms with Crippen molar-refractivity contribution in [1.29, 1.82) is 0 Å². The molecule has 0 bridgehead atoms. The smallest absolute Gasteiger partial charge is 0.303 e. The van der Waals surface area contributed by atoms with E-state index in [4.69, 9.17) is 5.11 Å². The van der Waals surface area contributed by atoms with Gasteiger partial charge < -0.3 is 5.11 Å². The second kappa shape index (κ2) is 5.80. The quantitative estimate of drug-likeness (QED) is 0.618. The number of carboxylic acid groups (broad SMARTS) is 1. The summed E-state index contributed by atoms with van der Waals surface area (Å²) in [7, 11) is 1.69. The molecule has 2 amide bonds. The van der Waals surface area contributed by atoms with Crippen LogP contribution in [0.2, 0.25) is 0 Å². The molecule has 0 aromatic carbocycles. The van der Waals surface area contributed by atoms with E-state index < -0.39 is 17.8 Å². The summed E-state index contributed by atoms with van der Waals surface area (Å²) >= 11 is 0. The van der Waals surface area contributed by atoms with E-state index in [-0.39, 0.29) is 18.5 Å². The van der Waals surface area contributed by atoms with Gasteiger partial charge in [-0.15, -0.1) is 0 Å². The molecule has 98 valence electrons. The Balaban J connectivity index is 2.41. The molecule has 1 aromatic rings. The molecule has 0 spiro atoms. The molecule has 3 N–H and O–H groups in total. The summed E-state index contributed by atoms with van der Waals surface area (Å²) in [6, 6.07) is 1.57. The van der Waals surface area contributed by atoms with Gasteiger partial charge in [-0.05, 0) is 13.0 Å². The molecule has 8 nitrogen and oxygen atoms in total. The second-order valence-corrected chi connectivity index (χ2v) is 3.69. The molecule has 1 aromatic heterocycles. The number of amides is 2. The van der Waals surface area contributed by atoms with Crippen molar-refractivity contribution >= 4 is 17.8 Å². The third-order valence-electron chi connectivity index (χ3n) is 2.23. The lowest BCUT2D eigenvalue weighted by atomic mass is 10.3. The van der Waals surface area contributed by atoms with Crippen molar-refractivity contribution < 1.29 is 19.5 Å². The first-order valence-electron chi connectivity index (χ1n) is 5.21. The third-order valence-corrected chi connectivity index (χ3v) is 2.23. The Hall–Kier alpha value is -2.38. The molecule has 0 radical (unpaired) electrons. The van der Waals surface area contributed by atoms with Crippen LogP contribution in [0.5, 0.6) is 0 Å². The van der Waals surface area contributed by atoms with Crippen LogP contribution in [0.15, 0.2) is 6.07 Å². The number of carboxylic acids is 1. The van der Waals surface area contributed by atoms with E-state index in [0.29, 0.717) is 0 Å². The summed E-state index contributed by atoms with van der Waals surface area (Å²) in [5.41, 5.74) is 5.25. The Bertz CT molecular complexity index is 461. The average Bonchev–Trinajstić information content (AvgIpc) is 2.64. The predicted molar refractivity (Wildman–Crippen MR) is 60.4 cm³/mol. The first-order valence-corrected chi connectivity index (χ1v) is 5.21. The van der Waals surface area contributed by atoms with Crippen molar-refractivity contribution in [3.8, 4) is 0 Å². The lowest BCUT2D eigenvalue weighted by Gasteiger charge is -2.04. The molecule has 18 heavy (non-hydrogen) atoms. The van der Waals surface area contributed by atoms with Gasteiger partial charge in [-0.1, -0.05) is 0 Å². The molecular weight excluding hydrogens is 240 g/mol. The van der Waals surface area contributed by atoms with Crippen LogP contribution in [-0.2, 0) is 16.6 Å². The van der Waals surface area contributed by atoms with Crippen LogP contribution in [0.25, 0.3) is 0 Å². The largest absolute Gasteiger partial charge is 0.481 e. The van der Waals surface area contributed by atoms with Crippen molar-refractivity contribution in [2.45, 2.75) is 19.8 Å². The summed E-state index contributed by atoms with van der Waals surface area (Å²) in [5, 5.41) is 12.3. The number of hydrogen-bond donors (Lipinski definition) is 3. The first-order chi connectivity index (χ1) is 8.40. The van der Waals surface area contributed by atoms with Gasteiger partial charge in [0.25, 0.3) is 5.91 Å². The summed E-state index contributed by atoms with van der Waals surface area (Å²) in [6.45, 7) is 1.79. The number of carbonyl (C=O) groups excluding carboxylic acids is 2. The van der Waals surface area contributed by atoms with Crippen LogP contribution in [0.1, 0.15) is 29.0 Å². The van der Waals surface area contributed by atoms with E-state index >= 15 is 0 Å². The molecule has 1 rings (SSSR count). The van der Waals surface area contributed by atoms with Gasteiger partial charge in [-0.2, -0.15) is 5.10 Å². The highest BCUT2D eigenvalue weighted by Crippen LogP contribution is 2.00. The van der Waals surface area contributed by atoms with Crippen molar-refractivity contribution in [3.05, 3.63) is 17.5 Å². The highest BCUT2D eigenvalue weighted by Gasteiger charge is 2.12. The third kappa shape index (κ3) is 3.89. The van der Waals surface area contributed by atoms with Gasteiger partial charge in [0.05, 0.1) is 6.42 Å². The Morgan fingerprint density at radius 1 is 1.33 bits per heavy atom. The summed E-state index contributed by atoms with van der Waals surface area (Å²) in [6.07, 6.45) is -0.485. The Kier molecular flexibility index (Phi) is 4.41. The van der Waals surface area contributed by atoms with Gasteiger partial charge in [0.15, 0.2) is 5.69 Å². The fourth-order valence-corrected chi connectivity index (χ4v) is 1.15. The molecular formula is C10H14N4O4.